The van der Waals surface area contributed by atoms with Gasteiger partial charge in [0.25, 0.3) is 5.91 Å². The van der Waals surface area contributed by atoms with Crippen molar-refractivity contribution in [2.75, 3.05) is 13.2 Å². The van der Waals surface area contributed by atoms with Crippen molar-refractivity contribution in [2.45, 2.75) is 24.0 Å². The van der Waals surface area contributed by atoms with Crippen LogP contribution in [0.1, 0.15) is 19.4 Å². The number of ether oxygens (including phenoxy) is 2. The lowest BCUT2D eigenvalue weighted by atomic mass is 10.2. The highest BCUT2D eigenvalue weighted by Gasteiger charge is 2.13. The lowest BCUT2D eigenvalue weighted by Crippen LogP contribution is -2.26. The summed E-state index contributed by atoms with van der Waals surface area (Å²) in [5.41, 5.74) is 3.35. The van der Waals surface area contributed by atoms with Crippen LogP contribution < -0.4 is 14.9 Å². The highest BCUT2D eigenvalue weighted by Crippen LogP contribution is 2.28. The number of amides is 1. The Kier molecular flexibility index (Phi) is 8.91. The maximum Gasteiger partial charge on any atom is 0.253 e. The second kappa shape index (κ2) is 11.4. The lowest BCUT2D eigenvalue weighted by Gasteiger charge is -2.11. The van der Waals surface area contributed by atoms with Crippen LogP contribution in [-0.2, 0) is 4.79 Å². The van der Waals surface area contributed by atoms with E-state index in [0.29, 0.717) is 29.7 Å². The number of hydrogen-bond acceptors (Lipinski definition) is 5. The van der Waals surface area contributed by atoms with Crippen LogP contribution in [0, 0.1) is 0 Å². The Morgan fingerprint density at radius 3 is 2.68 bits per heavy atom. The molecule has 2 rings (SSSR count). The molecule has 1 N–H and O–H groups in total. The topological polar surface area (TPSA) is 59.9 Å². The van der Waals surface area contributed by atoms with Gasteiger partial charge in [0.15, 0.2) is 11.5 Å². The standard InChI is InChI=1S/C21H23ClN2O3S/c1-4-12-27-19-11-6-16(13-20(19)26-5-2)14-23-24-21(25)15(3)28-18-9-7-17(22)8-10-18/h4,6-11,13-15H,1,5,12H2,2-3H3,(H,24,25)/b23-14-/t15-/m1/s1. The third-order valence-electron chi connectivity index (χ3n) is 3.51. The first-order valence-corrected chi connectivity index (χ1v) is 10.0. The fourth-order valence-corrected chi connectivity index (χ4v) is 3.16. The Hall–Kier alpha value is -2.44. The van der Waals surface area contributed by atoms with Crippen LogP contribution in [0.2, 0.25) is 5.02 Å². The number of benzene rings is 2. The molecule has 2 aromatic rings. The summed E-state index contributed by atoms with van der Waals surface area (Å²) in [6.45, 7) is 8.27. The van der Waals surface area contributed by atoms with Crippen molar-refractivity contribution < 1.29 is 14.3 Å². The van der Waals surface area contributed by atoms with Crippen molar-refractivity contribution in [3.63, 3.8) is 0 Å². The number of carbonyl (C=O) groups excluding carboxylic acids is 1. The molecule has 0 bridgehead atoms. The fourth-order valence-electron chi connectivity index (χ4n) is 2.17. The number of nitrogens with one attached hydrogen (secondary N) is 1. The van der Waals surface area contributed by atoms with Gasteiger partial charge in [0.05, 0.1) is 18.1 Å². The van der Waals surface area contributed by atoms with Gasteiger partial charge in [-0.15, -0.1) is 11.8 Å². The zero-order valence-electron chi connectivity index (χ0n) is 15.9. The highest BCUT2D eigenvalue weighted by molar-refractivity contribution is 8.00. The number of halogens is 1. The fraction of sp³-hybridized carbons (Fsp3) is 0.238. The molecular weight excluding hydrogens is 396 g/mol. The van der Waals surface area contributed by atoms with E-state index in [1.165, 1.54) is 11.8 Å². The molecule has 28 heavy (non-hydrogen) atoms. The molecule has 0 aromatic heterocycles. The Labute approximate surface area is 174 Å². The van der Waals surface area contributed by atoms with Gasteiger partial charge in [-0.1, -0.05) is 24.3 Å². The average Bonchev–Trinajstić information content (AvgIpc) is 2.69. The monoisotopic (exact) mass is 418 g/mol. The Balaban J connectivity index is 1.94. The molecule has 1 atom stereocenters. The molecule has 7 heteroatoms. The summed E-state index contributed by atoms with van der Waals surface area (Å²) in [7, 11) is 0. The minimum atomic E-state index is -0.299. The molecule has 0 spiro atoms. The minimum absolute atomic E-state index is 0.188. The number of rotatable bonds is 10. The summed E-state index contributed by atoms with van der Waals surface area (Å²) in [4.78, 5) is 13.2. The molecule has 0 unspecified atom stereocenters. The zero-order chi connectivity index (χ0) is 20.4. The summed E-state index contributed by atoms with van der Waals surface area (Å²) >= 11 is 7.31. The molecule has 0 saturated heterocycles. The molecule has 0 radical (unpaired) electrons. The molecule has 0 saturated carbocycles. The van der Waals surface area contributed by atoms with E-state index in [-0.39, 0.29) is 11.2 Å². The van der Waals surface area contributed by atoms with Gasteiger partial charge in [-0.2, -0.15) is 5.10 Å². The van der Waals surface area contributed by atoms with E-state index in [2.05, 4.69) is 17.1 Å². The number of hydrogen-bond donors (Lipinski definition) is 1. The Bertz CT molecular complexity index is 825. The molecule has 5 nitrogen and oxygen atoms in total. The summed E-state index contributed by atoms with van der Waals surface area (Å²) in [6.07, 6.45) is 3.24. The van der Waals surface area contributed by atoms with Crippen LogP contribution in [0.15, 0.2) is 65.1 Å². The predicted octanol–water partition coefficient (Wildman–Crippen LogP) is 4.93. The van der Waals surface area contributed by atoms with Gasteiger partial charge in [-0.3, -0.25) is 4.79 Å². The van der Waals surface area contributed by atoms with E-state index in [4.69, 9.17) is 21.1 Å². The maximum absolute atomic E-state index is 12.2. The summed E-state index contributed by atoms with van der Waals surface area (Å²) in [5.74, 6) is 1.06. The first-order valence-electron chi connectivity index (χ1n) is 8.79. The van der Waals surface area contributed by atoms with Crippen LogP contribution in [0.5, 0.6) is 11.5 Å². The van der Waals surface area contributed by atoms with Crippen LogP contribution in [0.4, 0.5) is 0 Å². The normalized spacial score (nSPS) is 11.8. The van der Waals surface area contributed by atoms with E-state index in [1.54, 1.807) is 30.5 Å². The quantitative estimate of drug-likeness (QED) is 0.257. The van der Waals surface area contributed by atoms with Gasteiger partial charge < -0.3 is 9.47 Å². The van der Waals surface area contributed by atoms with Crippen LogP contribution in [0.25, 0.3) is 0 Å². The molecular formula is C21H23ClN2O3S. The van der Waals surface area contributed by atoms with Crippen molar-refractivity contribution in [1.82, 2.24) is 5.43 Å². The Morgan fingerprint density at radius 2 is 2.00 bits per heavy atom. The number of carbonyl (C=O) groups is 1. The number of hydrazone groups is 1. The second-order valence-corrected chi connectivity index (χ2v) is 7.54. The van der Waals surface area contributed by atoms with Crippen molar-refractivity contribution in [1.29, 1.82) is 0 Å². The van der Waals surface area contributed by atoms with E-state index >= 15 is 0 Å². The van der Waals surface area contributed by atoms with Gasteiger partial charge in [0, 0.05) is 9.92 Å². The summed E-state index contributed by atoms with van der Waals surface area (Å²) in [6, 6.07) is 12.8. The highest BCUT2D eigenvalue weighted by atomic mass is 35.5. The van der Waals surface area contributed by atoms with Crippen LogP contribution in [-0.4, -0.2) is 30.6 Å². The molecule has 1 amide bonds. The van der Waals surface area contributed by atoms with Gasteiger partial charge in [-0.05, 0) is 61.9 Å². The molecule has 0 fully saturated rings. The van der Waals surface area contributed by atoms with Gasteiger partial charge in [0.1, 0.15) is 6.61 Å². The average molecular weight is 419 g/mol. The zero-order valence-corrected chi connectivity index (χ0v) is 17.4. The minimum Gasteiger partial charge on any atom is -0.490 e. The smallest absolute Gasteiger partial charge is 0.253 e. The lowest BCUT2D eigenvalue weighted by molar-refractivity contribution is -0.120. The van der Waals surface area contributed by atoms with E-state index in [9.17, 15) is 4.79 Å². The summed E-state index contributed by atoms with van der Waals surface area (Å²) in [5, 5.41) is 4.41. The SMILES string of the molecule is C=CCOc1ccc(/C=N\NC(=O)[C@@H](C)Sc2ccc(Cl)cc2)cc1OCC. The van der Waals surface area contributed by atoms with Crippen molar-refractivity contribution in [3.8, 4) is 11.5 Å². The van der Waals surface area contributed by atoms with Gasteiger partial charge in [-0.25, -0.2) is 5.43 Å². The summed E-state index contributed by atoms with van der Waals surface area (Å²) < 4.78 is 11.2. The first kappa shape index (κ1) is 21.9. The molecule has 0 aliphatic carbocycles. The third-order valence-corrected chi connectivity index (χ3v) is 4.87. The van der Waals surface area contributed by atoms with Crippen LogP contribution in [0.3, 0.4) is 0 Å². The van der Waals surface area contributed by atoms with Crippen molar-refractivity contribution in [2.24, 2.45) is 5.10 Å². The van der Waals surface area contributed by atoms with E-state index in [1.807, 2.05) is 38.1 Å². The van der Waals surface area contributed by atoms with E-state index < -0.39 is 0 Å². The van der Waals surface area contributed by atoms with Crippen LogP contribution >= 0.6 is 23.4 Å². The predicted molar refractivity (Wildman–Crippen MR) is 116 cm³/mol. The molecule has 148 valence electrons. The van der Waals surface area contributed by atoms with Crippen molar-refractivity contribution in [3.05, 3.63) is 65.7 Å². The van der Waals surface area contributed by atoms with Gasteiger partial charge >= 0.3 is 0 Å². The Morgan fingerprint density at radius 1 is 1.25 bits per heavy atom. The van der Waals surface area contributed by atoms with E-state index in [0.717, 1.165) is 10.5 Å². The molecule has 0 heterocycles. The van der Waals surface area contributed by atoms with Crippen molar-refractivity contribution >= 4 is 35.5 Å². The second-order valence-electron chi connectivity index (χ2n) is 5.69. The molecule has 0 aliphatic heterocycles. The number of nitrogens with zero attached hydrogens (tertiary/aromatic N) is 1. The first-order chi connectivity index (χ1) is 13.5. The van der Waals surface area contributed by atoms with Gasteiger partial charge in [0.2, 0.25) is 0 Å². The largest absolute Gasteiger partial charge is 0.490 e. The number of thioether (sulfide) groups is 1. The molecule has 0 aliphatic rings. The third kappa shape index (κ3) is 6.94. The molecule has 2 aromatic carbocycles. The maximum atomic E-state index is 12.2.